The number of alkyl halides is 3. The monoisotopic (exact) mass is 421 g/mol. The molecule has 156 valence electrons. The van der Waals surface area contributed by atoms with Gasteiger partial charge in [-0.3, -0.25) is 19.0 Å². The molecule has 0 unspecified atom stereocenters. The minimum absolute atomic E-state index is 0.00117. The number of carbonyl (C=O) groups excluding carboxylic acids is 1. The van der Waals surface area contributed by atoms with Crippen LogP contribution in [0.15, 0.2) is 41.3 Å². The van der Waals surface area contributed by atoms with Gasteiger partial charge in [0.15, 0.2) is 0 Å². The summed E-state index contributed by atoms with van der Waals surface area (Å²) in [5, 5.41) is 21.0. The van der Waals surface area contributed by atoms with E-state index in [1.807, 2.05) is 5.32 Å². The smallest absolute Gasteiger partial charge is 0.417 e. The van der Waals surface area contributed by atoms with Gasteiger partial charge in [0, 0.05) is 18.8 Å². The van der Waals surface area contributed by atoms with Gasteiger partial charge in [-0.15, -0.1) is 0 Å². The van der Waals surface area contributed by atoms with E-state index >= 15 is 0 Å². The number of aliphatic carboxylic acids is 1. The Labute approximate surface area is 166 Å². The fourth-order valence-corrected chi connectivity index (χ4v) is 2.98. The highest BCUT2D eigenvalue weighted by atomic mass is 19.4. The molecular weight excluding hydrogens is 407 g/mol. The zero-order valence-electron chi connectivity index (χ0n) is 15.3. The summed E-state index contributed by atoms with van der Waals surface area (Å²) < 4.78 is 41.0. The van der Waals surface area contributed by atoms with Gasteiger partial charge in [-0.05, 0) is 17.7 Å². The Bertz CT molecular complexity index is 1230. The number of fused-ring (bicyclic) bond motifs is 1. The first-order valence-electron chi connectivity index (χ1n) is 8.40. The Hall–Kier alpha value is -3.89. The van der Waals surface area contributed by atoms with Crippen LogP contribution in [0.2, 0.25) is 0 Å². The minimum Gasteiger partial charge on any atom is -0.506 e. The molecule has 0 aliphatic heterocycles. The van der Waals surface area contributed by atoms with Crippen LogP contribution in [0.1, 0.15) is 15.9 Å². The van der Waals surface area contributed by atoms with E-state index in [0.717, 1.165) is 16.8 Å². The predicted molar refractivity (Wildman–Crippen MR) is 99.1 cm³/mol. The van der Waals surface area contributed by atoms with Crippen molar-refractivity contribution in [1.29, 1.82) is 0 Å². The maximum absolute atomic E-state index is 13.3. The molecule has 0 radical (unpaired) electrons. The van der Waals surface area contributed by atoms with Crippen LogP contribution in [0.4, 0.5) is 13.2 Å². The van der Waals surface area contributed by atoms with E-state index in [9.17, 15) is 32.7 Å². The number of hydrogen-bond donors (Lipinski definition) is 3. The van der Waals surface area contributed by atoms with Crippen molar-refractivity contribution in [2.24, 2.45) is 7.05 Å². The number of benzene rings is 1. The van der Waals surface area contributed by atoms with Crippen molar-refractivity contribution in [3.05, 3.63) is 58.0 Å². The SMILES string of the molecule is Cn1c(=O)c(C(=O)NCC(=O)O)c(O)c2cc(-c3ccccc3C(F)(F)F)cnc21. The third-order valence-corrected chi connectivity index (χ3v) is 4.37. The molecule has 0 spiro atoms. The molecule has 3 N–H and O–H groups in total. The number of nitrogens with zero attached hydrogens (tertiary/aromatic N) is 2. The van der Waals surface area contributed by atoms with Crippen LogP contribution in [-0.4, -0.2) is 38.2 Å². The number of pyridine rings is 2. The first-order valence-corrected chi connectivity index (χ1v) is 8.40. The average molecular weight is 421 g/mol. The van der Waals surface area contributed by atoms with Crippen molar-refractivity contribution in [2.45, 2.75) is 6.18 Å². The first-order chi connectivity index (χ1) is 14.0. The highest BCUT2D eigenvalue weighted by Gasteiger charge is 2.33. The van der Waals surface area contributed by atoms with E-state index in [1.54, 1.807) is 0 Å². The molecule has 8 nitrogen and oxygen atoms in total. The molecule has 2 aromatic heterocycles. The van der Waals surface area contributed by atoms with Gasteiger partial charge < -0.3 is 15.5 Å². The Kier molecular flexibility index (Phi) is 5.21. The molecule has 3 aromatic rings. The van der Waals surface area contributed by atoms with E-state index in [2.05, 4.69) is 4.98 Å². The number of amides is 1. The van der Waals surface area contributed by atoms with E-state index in [-0.39, 0.29) is 22.2 Å². The fourth-order valence-electron chi connectivity index (χ4n) is 2.98. The average Bonchev–Trinajstić information content (AvgIpc) is 2.69. The number of halogens is 3. The molecule has 30 heavy (non-hydrogen) atoms. The second-order valence-corrected chi connectivity index (χ2v) is 6.30. The van der Waals surface area contributed by atoms with Gasteiger partial charge in [-0.25, -0.2) is 4.98 Å². The molecule has 1 aromatic carbocycles. The van der Waals surface area contributed by atoms with Gasteiger partial charge in [0.2, 0.25) is 0 Å². The first kappa shape index (κ1) is 20.8. The van der Waals surface area contributed by atoms with Crippen LogP contribution in [0, 0.1) is 0 Å². The number of aryl methyl sites for hydroxylation is 1. The van der Waals surface area contributed by atoms with Crippen molar-refractivity contribution in [2.75, 3.05) is 6.54 Å². The van der Waals surface area contributed by atoms with Crippen molar-refractivity contribution in [1.82, 2.24) is 14.9 Å². The zero-order valence-corrected chi connectivity index (χ0v) is 15.3. The molecule has 0 atom stereocenters. The Morgan fingerprint density at radius 3 is 2.53 bits per heavy atom. The molecule has 0 aliphatic carbocycles. The molecule has 0 saturated heterocycles. The highest BCUT2D eigenvalue weighted by Crippen LogP contribution is 2.38. The molecule has 0 fully saturated rings. The Morgan fingerprint density at radius 1 is 1.23 bits per heavy atom. The van der Waals surface area contributed by atoms with E-state index in [0.29, 0.717) is 0 Å². The molecule has 0 bridgehead atoms. The number of aromatic hydroxyl groups is 1. The number of carboxylic acid groups (broad SMARTS) is 1. The Balaban J connectivity index is 2.24. The van der Waals surface area contributed by atoms with Crippen LogP contribution in [-0.2, 0) is 18.0 Å². The van der Waals surface area contributed by atoms with E-state index in [1.165, 1.54) is 31.3 Å². The molecule has 11 heteroatoms. The lowest BCUT2D eigenvalue weighted by atomic mass is 9.99. The topological polar surface area (TPSA) is 122 Å². The molecule has 0 saturated carbocycles. The van der Waals surface area contributed by atoms with E-state index in [4.69, 9.17) is 5.11 Å². The number of rotatable bonds is 4. The fraction of sp³-hybridized carbons (Fsp3) is 0.158. The van der Waals surface area contributed by atoms with Crippen LogP contribution in [0.5, 0.6) is 5.75 Å². The van der Waals surface area contributed by atoms with Crippen molar-refractivity contribution in [3.8, 4) is 16.9 Å². The molecule has 3 rings (SSSR count). The molecule has 0 aliphatic rings. The number of carboxylic acids is 1. The molecule has 1 amide bonds. The third kappa shape index (κ3) is 3.69. The van der Waals surface area contributed by atoms with E-state index < -0.39 is 47.0 Å². The lowest BCUT2D eigenvalue weighted by Crippen LogP contribution is -2.35. The summed E-state index contributed by atoms with van der Waals surface area (Å²) >= 11 is 0. The molecule has 2 heterocycles. The molecular formula is C19H14F3N3O5. The van der Waals surface area contributed by atoms with Crippen LogP contribution in [0.3, 0.4) is 0 Å². The van der Waals surface area contributed by atoms with Crippen molar-refractivity contribution in [3.63, 3.8) is 0 Å². The minimum atomic E-state index is -4.64. The van der Waals surface area contributed by atoms with Gasteiger partial charge in [0.1, 0.15) is 23.5 Å². The Morgan fingerprint density at radius 2 is 1.90 bits per heavy atom. The predicted octanol–water partition coefficient (Wildman–Crippen LogP) is 2.14. The number of carbonyl (C=O) groups is 2. The summed E-state index contributed by atoms with van der Waals surface area (Å²) in [6.45, 7) is -0.795. The summed E-state index contributed by atoms with van der Waals surface area (Å²) in [7, 11) is 1.26. The standard InChI is InChI=1S/C19H14F3N3O5/c1-25-16-11(15(28)14(18(25)30)17(29)24-8-13(26)27)6-9(7-23-16)10-4-2-3-5-12(10)19(20,21)22/h2-7,28H,8H2,1H3,(H,24,29)(H,26,27). The van der Waals surface area contributed by atoms with Gasteiger partial charge >= 0.3 is 12.1 Å². The van der Waals surface area contributed by atoms with Gasteiger partial charge in [0.25, 0.3) is 11.5 Å². The summed E-state index contributed by atoms with van der Waals surface area (Å²) in [6.07, 6.45) is -3.52. The summed E-state index contributed by atoms with van der Waals surface area (Å²) in [5.74, 6) is -3.32. The quantitative estimate of drug-likeness (QED) is 0.594. The lowest BCUT2D eigenvalue weighted by Gasteiger charge is -2.15. The van der Waals surface area contributed by atoms with Crippen molar-refractivity contribution < 1.29 is 33.0 Å². The maximum atomic E-state index is 13.3. The van der Waals surface area contributed by atoms with Crippen molar-refractivity contribution >= 4 is 22.9 Å². The van der Waals surface area contributed by atoms with Crippen LogP contribution < -0.4 is 10.9 Å². The second kappa shape index (κ2) is 7.50. The van der Waals surface area contributed by atoms with Gasteiger partial charge in [-0.2, -0.15) is 13.2 Å². The maximum Gasteiger partial charge on any atom is 0.417 e. The largest absolute Gasteiger partial charge is 0.506 e. The van der Waals surface area contributed by atoms with Gasteiger partial charge in [-0.1, -0.05) is 18.2 Å². The highest BCUT2D eigenvalue weighted by molar-refractivity contribution is 6.03. The number of nitrogens with one attached hydrogen (secondary N) is 1. The zero-order chi connectivity index (χ0) is 22.2. The lowest BCUT2D eigenvalue weighted by molar-refractivity contribution is -0.137. The van der Waals surface area contributed by atoms with Crippen LogP contribution >= 0.6 is 0 Å². The van der Waals surface area contributed by atoms with Crippen LogP contribution in [0.25, 0.3) is 22.2 Å². The van der Waals surface area contributed by atoms with Gasteiger partial charge in [0.05, 0.1) is 10.9 Å². The number of aromatic nitrogens is 2. The summed E-state index contributed by atoms with van der Waals surface area (Å²) in [5.41, 5.74) is -2.88. The second-order valence-electron chi connectivity index (χ2n) is 6.30. The third-order valence-electron chi connectivity index (χ3n) is 4.37. The summed E-state index contributed by atoms with van der Waals surface area (Å²) in [4.78, 5) is 39.3. The normalized spacial score (nSPS) is 11.5. The number of hydrogen-bond acceptors (Lipinski definition) is 5. The summed E-state index contributed by atoms with van der Waals surface area (Å²) in [6, 6.07) is 5.93.